The Labute approximate surface area is 200 Å². The van der Waals surface area contributed by atoms with Gasteiger partial charge in [0.25, 0.3) is 5.56 Å². The highest BCUT2D eigenvalue weighted by Crippen LogP contribution is 2.45. The molecule has 0 atom stereocenters. The summed E-state index contributed by atoms with van der Waals surface area (Å²) in [6.07, 6.45) is 9.24. The Bertz CT molecular complexity index is 1110. The average molecular weight is 469 g/mol. The Morgan fingerprint density at radius 2 is 1.71 bits per heavy atom. The van der Waals surface area contributed by atoms with E-state index in [0.717, 1.165) is 12.0 Å². The number of ether oxygens (including phenoxy) is 1. The molecule has 0 N–H and O–H groups in total. The molecule has 2 aromatic heterocycles. The predicted molar refractivity (Wildman–Crippen MR) is 129 cm³/mol. The molecular formula is C26H33FN4O3. The number of esters is 1. The van der Waals surface area contributed by atoms with Crippen molar-refractivity contribution in [2.45, 2.75) is 65.8 Å². The molecule has 1 aliphatic carbocycles. The Morgan fingerprint density at radius 3 is 2.24 bits per heavy atom. The first-order valence-electron chi connectivity index (χ1n) is 11.6. The van der Waals surface area contributed by atoms with Gasteiger partial charge in [-0.15, -0.1) is 0 Å². The van der Waals surface area contributed by atoms with Gasteiger partial charge in [-0.25, -0.2) is 19.2 Å². The fourth-order valence-corrected chi connectivity index (χ4v) is 3.42. The van der Waals surface area contributed by atoms with Crippen molar-refractivity contribution < 1.29 is 13.9 Å². The third kappa shape index (κ3) is 6.79. The van der Waals surface area contributed by atoms with Crippen LogP contribution in [-0.2, 0) is 27.9 Å². The molecule has 0 radical (unpaired) electrons. The Morgan fingerprint density at radius 1 is 1.09 bits per heavy atom. The average Bonchev–Trinajstić information content (AvgIpc) is 3.66. The first-order valence-corrected chi connectivity index (χ1v) is 11.6. The van der Waals surface area contributed by atoms with E-state index >= 15 is 0 Å². The number of carbonyl (C=O) groups is 1. The predicted octanol–water partition coefficient (Wildman–Crippen LogP) is 4.40. The lowest BCUT2D eigenvalue weighted by Gasteiger charge is -2.20. The van der Waals surface area contributed by atoms with E-state index in [4.69, 9.17) is 4.74 Å². The van der Waals surface area contributed by atoms with Crippen LogP contribution >= 0.6 is 0 Å². The lowest BCUT2D eigenvalue weighted by Crippen LogP contribution is -2.34. The minimum Gasteiger partial charge on any atom is -0.464 e. The molecule has 0 spiro atoms. The smallest absolute Gasteiger partial charge is 0.332 e. The van der Waals surface area contributed by atoms with Crippen LogP contribution in [0.5, 0.6) is 0 Å². The van der Waals surface area contributed by atoms with Crippen LogP contribution in [0.15, 0.2) is 54.0 Å². The highest BCUT2D eigenvalue weighted by atomic mass is 19.1. The van der Waals surface area contributed by atoms with Crippen molar-refractivity contribution >= 4 is 5.97 Å². The first-order chi connectivity index (χ1) is 16.4. The standard InChI is InChI=1S/C16H18N4O3.C8H9F.C2H6/c1-3-23-15(22)16(4-5-16)20-9-13(14(21)19-11(20)2)6-12-7-17-10-18-8-12;1-2-7-3-5-8(9)6-4-7;1-2/h7-10H,3-6H2,1-2H3;3-6H,2H2,1H3;1-2H3. The van der Waals surface area contributed by atoms with Gasteiger partial charge in [-0.05, 0) is 56.4 Å². The summed E-state index contributed by atoms with van der Waals surface area (Å²) < 4.78 is 19.2. The number of nitrogens with zero attached hydrogens (tertiary/aromatic N) is 4. The maximum absolute atomic E-state index is 12.3. The molecule has 4 rings (SSSR count). The zero-order valence-electron chi connectivity index (χ0n) is 20.5. The molecule has 34 heavy (non-hydrogen) atoms. The zero-order valence-corrected chi connectivity index (χ0v) is 20.5. The maximum atomic E-state index is 12.3. The molecule has 0 amide bonds. The minimum atomic E-state index is -0.706. The summed E-state index contributed by atoms with van der Waals surface area (Å²) in [5.74, 6) is 0.100. The van der Waals surface area contributed by atoms with Crippen LogP contribution in [0.2, 0.25) is 0 Å². The normalized spacial score (nSPS) is 13.0. The lowest BCUT2D eigenvalue weighted by atomic mass is 10.1. The van der Waals surface area contributed by atoms with Crippen LogP contribution in [0, 0.1) is 12.7 Å². The van der Waals surface area contributed by atoms with Gasteiger partial charge in [0.2, 0.25) is 0 Å². The van der Waals surface area contributed by atoms with Gasteiger partial charge in [-0.3, -0.25) is 4.79 Å². The Balaban J connectivity index is 0.000000311. The molecule has 182 valence electrons. The molecule has 1 aromatic carbocycles. The molecule has 1 saturated carbocycles. The molecule has 1 fully saturated rings. The molecular weight excluding hydrogens is 435 g/mol. The van der Waals surface area contributed by atoms with Gasteiger partial charge in [0.1, 0.15) is 23.5 Å². The van der Waals surface area contributed by atoms with Crippen molar-refractivity contribution in [3.05, 3.63) is 87.9 Å². The number of aromatic nitrogens is 4. The molecule has 1 aliphatic rings. The number of hydrogen-bond donors (Lipinski definition) is 0. The fraction of sp³-hybridized carbons (Fsp3) is 0.423. The number of rotatable bonds is 6. The van der Waals surface area contributed by atoms with Crippen molar-refractivity contribution in [3.8, 4) is 0 Å². The van der Waals surface area contributed by atoms with Gasteiger partial charge in [0.15, 0.2) is 0 Å². The first kappa shape index (κ1) is 26.8. The summed E-state index contributed by atoms with van der Waals surface area (Å²) in [6.45, 7) is 9.90. The van der Waals surface area contributed by atoms with E-state index in [1.54, 1.807) is 49.1 Å². The fourth-order valence-electron chi connectivity index (χ4n) is 3.42. The highest BCUT2D eigenvalue weighted by molar-refractivity contribution is 5.82. The molecule has 0 aliphatic heterocycles. The molecule has 7 nitrogen and oxygen atoms in total. The van der Waals surface area contributed by atoms with Crippen LogP contribution in [0.4, 0.5) is 4.39 Å². The highest BCUT2D eigenvalue weighted by Gasteiger charge is 2.53. The van der Waals surface area contributed by atoms with Crippen molar-refractivity contribution in [1.82, 2.24) is 19.5 Å². The Kier molecular flexibility index (Phi) is 10.0. The monoisotopic (exact) mass is 468 g/mol. The van der Waals surface area contributed by atoms with E-state index in [2.05, 4.69) is 15.0 Å². The molecule has 0 bridgehead atoms. The van der Waals surface area contributed by atoms with Crippen LogP contribution in [0.3, 0.4) is 0 Å². The van der Waals surface area contributed by atoms with E-state index in [9.17, 15) is 14.0 Å². The summed E-state index contributed by atoms with van der Waals surface area (Å²) in [5.41, 5.74) is 1.52. The van der Waals surface area contributed by atoms with E-state index in [1.807, 2.05) is 20.8 Å². The summed E-state index contributed by atoms with van der Waals surface area (Å²) >= 11 is 0. The summed E-state index contributed by atoms with van der Waals surface area (Å²) in [7, 11) is 0. The number of halogens is 1. The summed E-state index contributed by atoms with van der Waals surface area (Å²) in [6, 6.07) is 6.57. The van der Waals surface area contributed by atoms with Gasteiger partial charge in [0, 0.05) is 30.6 Å². The largest absolute Gasteiger partial charge is 0.464 e. The number of hydrogen-bond acceptors (Lipinski definition) is 6. The lowest BCUT2D eigenvalue weighted by molar-refractivity contribution is -0.148. The second kappa shape index (κ2) is 12.7. The summed E-state index contributed by atoms with van der Waals surface area (Å²) in [5, 5.41) is 0. The second-order valence-electron chi connectivity index (χ2n) is 7.64. The summed E-state index contributed by atoms with van der Waals surface area (Å²) in [4.78, 5) is 36.4. The number of aryl methyl sites for hydroxylation is 2. The van der Waals surface area contributed by atoms with Gasteiger partial charge in [-0.2, -0.15) is 4.98 Å². The van der Waals surface area contributed by atoms with Crippen molar-refractivity contribution in [2.75, 3.05) is 6.61 Å². The maximum Gasteiger partial charge on any atom is 0.332 e. The second-order valence-corrected chi connectivity index (χ2v) is 7.64. The third-order valence-corrected chi connectivity index (χ3v) is 5.34. The molecule has 8 heteroatoms. The van der Waals surface area contributed by atoms with Gasteiger partial charge >= 0.3 is 5.97 Å². The van der Waals surface area contributed by atoms with E-state index in [-0.39, 0.29) is 17.3 Å². The number of carbonyl (C=O) groups excluding carboxylic acids is 1. The molecule has 3 aromatic rings. The third-order valence-electron chi connectivity index (χ3n) is 5.34. The SMILES string of the molecule is CC.CCOC(=O)C1(n2cc(Cc3cncnc3)c(=O)nc2C)CC1.CCc1ccc(F)cc1. The molecule has 2 heterocycles. The topological polar surface area (TPSA) is 87.0 Å². The van der Waals surface area contributed by atoms with E-state index in [1.165, 1.54) is 24.0 Å². The minimum absolute atomic E-state index is 0.160. The van der Waals surface area contributed by atoms with Gasteiger partial charge in [-0.1, -0.05) is 32.9 Å². The van der Waals surface area contributed by atoms with Gasteiger partial charge in [0.05, 0.1) is 6.61 Å². The van der Waals surface area contributed by atoms with Crippen LogP contribution in [0.25, 0.3) is 0 Å². The zero-order chi connectivity index (χ0) is 25.1. The van der Waals surface area contributed by atoms with Gasteiger partial charge < -0.3 is 9.30 Å². The van der Waals surface area contributed by atoms with Crippen molar-refractivity contribution in [2.24, 2.45) is 0 Å². The van der Waals surface area contributed by atoms with Crippen LogP contribution in [-0.4, -0.2) is 32.1 Å². The van der Waals surface area contributed by atoms with Crippen molar-refractivity contribution in [1.29, 1.82) is 0 Å². The number of benzene rings is 1. The molecule has 0 saturated heterocycles. The Hall–Kier alpha value is -3.42. The van der Waals surface area contributed by atoms with Crippen LogP contribution in [0.1, 0.15) is 63.1 Å². The van der Waals surface area contributed by atoms with E-state index in [0.29, 0.717) is 37.3 Å². The van der Waals surface area contributed by atoms with Crippen LogP contribution < -0.4 is 5.56 Å². The van der Waals surface area contributed by atoms with Crippen molar-refractivity contribution in [3.63, 3.8) is 0 Å². The quantitative estimate of drug-likeness (QED) is 0.499. The van der Waals surface area contributed by atoms with E-state index < -0.39 is 5.54 Å². The molecule has 0 unspecified atom stereocenters.